The Kier molecular flexibility index (Phi) is 14.2. The van der Waals surface area contributed by atoms with Crippen molar-refractivity contribution in [1.29, 1.82) is 0 Å². The van der Waals surface area contributed by atoms with Gasteiger partial charge in [-0.1, -0.05) is 0 Å². The number of aliphatic imine (C=N–C) groups is 1. The summed E-state index contributed by atoms with van der Waals surface area (Å²) < 4.78 is 5.71. The van der Waals surface area contributed by atoms with Crippen LogP contribution in [-0.4, -0.2) is 31.1 Å². The second-order valence-corrected chi connectivity index (χ2v) is 21.8. The molecule has 1 atom stereocenters. The van der Waals surface area contributed by atoms with E-state index in [1.807, 2.05) is 0 Å². The number of rotatable bonds is 14. The Hall–Kier alpha value is 0.469. The predicted molar refractivity (Wildman–Crippen MR) is 107 cm³/mol. The first-order valence-electron chi connectivity index (χ1n) is 10.1. The zero-order chi connectivity index (χ0) is 16.8. The Morgan fingerprint density at radius 3 is 1.59 bits per heavy atom. The number of nitrogens with zero attached hydrogens (tertiary/aromatic N) is 1. The first-order valence-corrected chi connectivity index (χ1v) is 17.8. The molecule has 1 unspecified atom stereocenters. The van der Waals surface area contributed by atoms with E-state index >= 15 is 0 Å². The molecule has 0 radical (unpaired) electrons. The molecule has 0 aliphatic heterocycles. The molecule has 0 aliphatic carbocycles. The molecule has 132 valence electrons. The predicted octanol–water partition coefficient (Wildman–Crippen LogP) is 7.34. The Balaban J connectivity index is 5.16. The van der Waals surface area contributed by atoms with Crippen LogP contribution in [0.4, 0.5) is 0 Å². The van der Waals surface area contributed by atoms with Crippen LogP contribution in [0.25, 0.3) is 0 Å². The minimum absolute atomic E-state index is 0.695. The second kappa shape index (κ2) is 13.9. The van der Waals surface area contributed by atoms with Gasteiger partial charge in [-0.25, -0.2) is 0 Å². The zero-order valence-electron chi connectivity index (χ0n) is 16.5. The van der Waals surface area contributed by atoms with Gasteiger partial charge in [0.05, 0.1) is 0 Å². The summed E-state index contributed by atoms with van der Waals surface area (Å²) in [5, 5.41) is 0. The summed E-state index contributed by atoms with van der Waals surface area (Å²) in [6.07, 6.45) is 12.3. The van der Waals surface area contributed by atoms with Crippen molar-refractivity contribution >= 4 is 24.6 Å². The van der Waals surface area contributed by atoms with Crippen LogP contribution in [0.3, 0.4) is 0 Å². The van der Waals surface area contributed by atoms with Crippen LogP contribution in [0.2, 0.25) is 17.2 Å². The molecule has 1 nitrogen and oxygen atoms in total. The van der Waals surface area contributed by atoms with Gasteiger partial charge >= 0.3 is 146 Å². The molecule has 0 spiro atoms. The Morgan fingerprint density at radius 1 is 0.818 bits per heavy atom. The Morgan fingerprint density at radius 2 is 1.27 bits per heavy atom. The van der Waals surface area contributed by atoms with Gasteiger partial charge in [-0.3, -0.25) is 0 Å². The van der Waals surface area contributed by atoms with Gasteiger partial charge < -0.3 is 0 Å². The van der Waals surface area contributed by atoms with E-state index in [2.05, 4.69) is 47.8 Å². The van der Waals surface area contributed by atoms with E-state index in [-0.39, 0.29) is 0 Å². The van der Waals surface area contributed by atoms with E-state index in [4.69, 9.17) is 4.99 Å². The van der Waals surface area contributed by atoms with Gasteiger partial charge in [-0.15, -0.1) is 0 Å². The molecule has 0 fully saturated rings. The third-order valence-electron chi connectivity index (χ3n) is 5.07. The van der Waals surface area contributed by atoms with Gasteiger partial charge in [0.15, 0.2) is 0 Å². The van der Waals surface area contributed by atoms with E-state index < -0.39 is 18.4 Å². The van der Waals surface area contributed by atoms with Gasteiger partial charge in [-0.05, 0) is 0 Å². The fraction of sp³-hybridized carbons (Fsp3) is 0.950. The molecule has 0 saturated heterocycles. The Labute approximate surface area is 145 Å². The molecule has 0 heterocycles. The van der Waals surface area contributed by atoms with Crippen LogP contribution in [0.1, 0.15) is 86.5 Å². The maximum absolute atomic E-state index is 4.86. The van der Waals surface area contributed by atoms with Gasteiger partial charge in [0.25, 0.3) is 0 Å². The van der Waals surface area contributed by atoms with Crippen LogP contribution >= 0.6 is 0 Å². The molecular formula is C20H43NSn. The fourth-order valence-electron chi connectivity index (χ4n) is 3.61. The quantitative estimate of drug-likeness (QED) is 0.208. The van der Waals surface area contributed by atoms with Gasteiger partial charge in [0.2, 0.25) is 0 Å². The number of unbranched alkanes of at least 4 members (excludes halogenated alkanes) is 3. The van der Waals surface area contributed by atoms with Crippen molar-refractivity contribution in [2.75, 3.05) is 6.54 Å². The van der Waals surface area contributed by atoms with Crippen LogP contribution in [0, 0.1) is 5.92 Å². The van der Waals surface area contributed by atoms with Crippen molar-refractivity contribution < 1.29 is 0 Å². The molecule has 0 rings (SSSR count). The number of hydrogen-bond donors (Lipinski definition) is 0. The topological polar surface area (TPSA) is 12.4 Å². The van der Waals surface area contributed by atoms with Crippen molar-refractivity contribution in [3.05, 3.63) is 0 Å². The van der Waals surface area contributed by atoms with Crippen molar-refractivity contribution in [2.45, 2.75) is 104 Å². The van der Waals surface area contributed by atoms with Crippen molar-refractivity contribution in [3.63, 3.8) is 0 Å². The summed E-state index contributed by atoms with van der Waals surface area (Å²) in [5.41, 5.74) is 0. The second-order valence-electron chi connectivity index (χ2n) is 7.60. The van der Waals surface area contributed by atoms with Crippen LogP contribution in [-0.2, 0) is 0 Å². The average molecular weight is 416 g/mol. The third kappa shape index (κ3) is 8.93. The summed E-state index contributed by atoms with van der Waals surface area (Å²) in [7, 11) is 0. The molecule has 0 aliphatic rings. The first-order chi connectivity index (χ1) is 10.6. The standard InChI is InChI=1S/C8H16N.3C4H9.Sn/c1-4-5-6-9-7-8(2)3;3*1-3-4-2;/h5-6,8H,4,7H2,1-3H3;3*1,3-4H2,2H3;. The summed E-state index contributed by atoms with van der Waals surface area (Å²) in [6, 6.07) is 0. The maximum atomic E-state index is 4.86. The monoisotopic (exact) mass is 417 g/mol. The molecular weight excluding hydrogens is 373 g/mol. The molecule has 0 N–H and O–H groups in total. The van der Waals surface area contributed by atoms with Gasteiger partial charge in [0, 0.05) is 0 Å². The summed E-state index contributed by atoms with van der Waals surface area (Å²) in [6.45, 7) is 15.1. The molecule has 0 saturated carbocycles. The van der Waals surface area contributed by atoms with Crippen LogP contribution in [0.5, 0.6) is 0 Å². The average Bonchev–Trinajstić information content (AvgIpc) is 2.51. The SMILES string of the molecule is CCC[CH2][Sn]([CH2]CCC)([CH2]CCC)[CH](C=NCC(C)C)CC. The summed E-state index contributed by atoms with van der Waals surface area (Å²) >= 11 is -2.09. The van der Waals surface area contributed by atoms with Crippen LogP contribution in [0.15, 0.2) is 4.99 Å². The van der Waals surface area contributed by atoms with E-state index in [1.165, 1.54) is 44.9 Å². The Bertz CT molecular complexity index is 251. The van der Waals surface area contributed by atoms with Crippen LogP contribution < -0.4 is 0 Å². The van der Waals surface area contributed by atoms with Crippen molar-refractivity contribution in [2.24, 2.45) is 10.9 Å². The van der Waals surface area contributed by atoms with Crippen molar-refractivity contribution in [3.8, 4) is 0 Å². The molecule has 0 aromatic heterocycles. The fourth-order valence-corrected chi connectivity index (χ4v) is 21.7. The minimum atomic E-state index is -2.09. The normalized spacial score (nSPS) is 14.1. The molecule has 0 aromatic rings. The van der Waals surface area contributed by atoms with E-state index in [0.29, 0.717) is 5.92 Å². The van der Waals surface area contributed by atoms with E-state index in [0.717, 1.165) is 10.5 Å². The number of hydrogen-bond acceptors (Lipinski definition) is 1. The van der Waals surface area contributed by atoms with Gasteiger partial charge in [0.1, 0.15) is 0 Å². The molecule has 22 heavy (non-hydrogen) atoms. The third-order valence-corrected chi connectivity index (χ3v) is 22.7. The van der Waals surface area contributed by atoms with E-state index in [1.54, 1.807) is 13.3 Å². The van der Waals surface area contributed by atoms with Gasteiger partial charge in [-0.2, -0.15) is 0 Å². The van der Waals surface area contributed by atoms with Crippen molar-refractivity contribution in [1.82, 2.24) is 0 Å². The van der Waals surface area contributed by atoms with E-state index in [9.17, 15) is 0 Å². The summed E-state index contributed by atoms with van der Waals surface area (Å²) in [4.78, 5) is 4.86. The molecule has 0 amide bonds. The molecule has 2 heteroatoms. The molecule has 0 bridgehead atoms. The summed E-state index contributed by atoms with van der Waals surface area (Å²) in [5.74, 6) is 0.695. The zero-order valence-corrected chi connectivity index (χ0v) is 19.3. The molecule has 0 aromatic carbocycles. The first kappa shape index (κ1) is 22.5.